The number of nitrogens with zero attached hydrogens (tertiary/aromatic N) is 1. The molecule has 1 saturated heterocycles. The van der Waals surface area contributed by atoms with E-state index in [9.17, 15) is 14.4 Å². The number of carbonyl (C=O) groups excluding carboxylic acids is 3. The molecule has 43 heavy (non-hydrogen) atoms. The molecule has 1 unspecified atom stereocenters. The van der Waals surface area contributed by atoms with E-state index in [-0.39, 0.29) is 37.6 Å². The van der Waals surface area contributed by atoms with E-state index in [1.54, 1.807) is 18.0 Å². The molecule has 238 valence electrons. The van der Waals surface area contributed by atoms with Gasteiger partial charge >= 0.3 is 12.2 Å². The van der Waals surface area contributed by atoms with Gasteiger partial charge in [-0.3, -0.25) is 4.79 Å². The number of alkyl carbamates (subject to hydrolysis) is 1. The van der Waals surface area contributed by atoms with Gasteiger partial charge in [0.05, 0.1) is 25.9 Å². The summed E-state index contributed by atoms with van der Waals surface area (Å²) >= 11 is 6.34. The SMILES string of the molecule is COC(=O)NCCO[C@H](c1cccc(C(=O)NC[C@H](C[C@H]2CCCOC2)N(C)C(=O)OC(C)(C)C)c1)C1C=CC=C(Cl)C1. The number of halogens is 1. The summed E-state index contributed by atoms with van der Waals surface area (Å²) < 4.78 is 22.1. The third-order valence-corrected chi connectivity index (χ3v) is 7.65. The Morgan fingerprint density at radius 3 is 2.67 bits per heavy atom. The van der Waals surface area contributed by atoms with Crippen molar-refractivity contribution in [2.75, 3.05) is 47.1 Å². The van der Waals surface area contributed by atoms with Crippen molar-refractivity contribution in [3.05, 3.63) is 58.7 Å². The molecule has 1 aromatic carbocycles. The Balaban J connectivity index is 1.72. The molecule has 0 radical (unpaired) electrons. The molecule has 3 rings (SSSR count). The Labute approximate surface area is 260 Å². The van der Waals surface area contributed by atoms with E-state index in [1.807, 2.05) is 57.2 Å². The smallest absolute Gasteiger partial charge is 0.410 e. The highest BCUT2D eigenvalue weighted by atomic mass is 35.5. The average molecular weight is 620 g/mol. The first-order valence-electron chi connectivity index (χ1n) is 14.8. The fraction of sp³-hybridized carbons (Fsp3) is 0.594. The largest absolute Gasteiger partial charge is 0.453 e. The minimum Gasteiger partial charge on any atom is -0.453 e. The fourth-order valence-electron chi connectivity index (χ4n) is 5.16. The second kappa shape index (κ2) is 16.7. The summed E-state index contributed by atoms with van der Waals surface area (Å²) in [5.41, 5.74) is 0.656. The van der Waals surface area contributed by atoms with Gasteiger partial charge in [-0.15, -0.1) is 0 Å². The average Bonchev–Trinajstić information content (AvgIpc) is 2.98. The maximum absolute atomic E-state index is 13.4. The standard InChI is InChI=1S/C32H46ClN3O7/c1-32(2,3)43-31(39)36(4)27(17-22-9-8-15-41-21-22)20-35-29(37)25-12-6-10-23(18-25)28(24-11-7-13-26(33)19-24)42-16-14-34-30(38)40-5/h6-7,10-13,18,22,24,27-28H,8-9,14-17,19-21H2,1-5H3,(H,34,38)(H,35,37)/t22-,24?,27+,28-/m1/s1. The van der Waals surface area contributed by atoms with Gasteiger partial charge in [-0.25, -0.2) is 9.59 Å². The molecule has 1 fully saturated rings. The molecule has 1 aromatic rings. The molecule has 2 N–H and O–H groups in total. The zero-order valence-corrected chi connectivity index (χ0v) is 26.7. The summed E-state index contributed by atoms with van der Waals surface area (Å²) in [6.07, 6.45) is 7.69. The summed E-state index contributed by atoms with van der Waals surface area (Å²) in [5, 5.41) is 6.37. The number of carbonyl (C=O) groups is 3. The molecule has 11 heteroatoms. The van der Waals surface area contributed by atoms with Crippen LogP contribution >= 0.6 is 11.6 Å². The normalized spacial score (nSPS) is 19.9. The van der Waals surface area contributed by atoms with Crippen LogP contribution in [0.1, 0.15) is 68.5 Å². The molecule has 0 saturated carbocycles. The molecule has 2 aliphatic rings. The quantitative estimate of drug-likeness (QED) is 0.293. The molecule has 1 heterocycles. The lowest BCUT2D eigenvalue weighted by Crippen LogP contribution is -2.48. The highest BCUT2D eigenvalue weighted by molar-refractivity contribution is 6.29. The lowest BCUT2D eigenvalue weighted by Gasteiger charge is -2.34. The van der Waals surface area contributed by atoms with E-state index in [0.717, 1.165) is 25.0 Å². The van der Waals surface area contributed by atoms with Gasteiger partial charge in [0.1, 0.15) is 5.60 Å². The number of likely N-dealkylation sites (N-methyl/N-ethyl adjacent to an activating group) is 1. The van der Waals surface area contributed by atoms with Crippen molar-refractivity contribution in [3.8, 4) is 0 Å². The summed E-state index contributed by atoms with van der Waals surface area (Å²) in [6, 6.07) is 7.03. The highest BCUT2D eigenvalue weighted by Gasteiger charge is 2.29. The summed E-state index contributed by atoms with van der Waals surface area (Å²) in [5.74, 6) is -0.0223. The van der Waals surface area contributed by atoms with Gasteiger partial charge < -0.3 is 34.5 Å². The van der Waals surface area contributed by atoms with Crippen molar-refractivity contribution in [3.63, 3.8) is 0 Å². The Hall–Kier alpha value is -3.08. The third-order valence-electron chi connectivity index (χ3n) is 7.37. The van der Waals surface area contributed by atoms with Crippen LogP contribution in [0.15, 0.2) is 47.5 Å². The minimum absolute atomic E-state index is 0.0569. The van der Waals surface area contributed by atoms with Gasteiger partial charge in [0.15, 0.2) is 0 Å². The molecule has 1 aliphatic carbocycles. The Kier molecular flexibility index (Phi) is 13.3. The number of benzene rings is 1. The van der Waals surface area contributed by atoms with Crippen molar-refractivity contribution >= 4 is 29.7 Å². The van der Waals surface area contributed by atoms with E-state index in [1.165, 1.54) is 7.11 Å². The van der Waals surface area contributed by atoms with Crippen molar-refractivity contribution < 1.29 is 33.3 Å². The van der Waals surface area contributed by atoms with Crippen LogP contribution in [-0.2, 0) is 18.9 Å². The zero-order chi connectivity index (χ0) is 31.4. The van der Waals surface area contributed by atoms with Gasteiger partial charge in [-0.2, -0.15) is 0 Å². The third kappa shape index (κ3) is 11.5. The van der Waals surface area contributed by atoms with Gasteiger partial charge in [0, 0.05) is 49.9 Å². The first-order chi connectivity index (χ1) is 20.5. The Bertz CT molecular complexity index is 1140. The van der Waals surface area contributed by atoms with E-state index in [4.69, 9.17) is 25.8 Å². The molecular formula is C32H46ClN3O7. The molecule has 0 aromatic heterocycles. The molecule has 0 spiro atoms. The van der Waals surface area contributed by atoms with Crippen LogP contribution in [0, 0.1) is 11.8 Å². The second-order valence-electron chi connectivity index (χ2n) is 12.0. The van der Waals surface area contributed by atoms with E-state index < -0.39 is 23.9 Å². The molecular weight excluding hydrogens is 574 g/mol. The highest BCUT2D eigenvalue weighted by Crippen LogP contribution is 2.35. The van der Waals surface area contributed by atoms with Crippen molar-refractivity contribution in [1.29, 1.82) is 0 Å². The number of amides is 3. The molecule has 0 bridgehead atoms. The molecule has 1 aliphatic heterocycles. The second-order valence-corrected chi connectivity index (χ2v) is 12.5. The number of ether oxygens (including phenoxy) is 4. The number of hydrogen-bond donors (Lipinski definition) is 2. The first kappa shape index (κ1) is 34.4. The summed E-state index contributed by atoms with van der Waals surface area (Å²) in [7, 11) is 3.02. The van der Waals surface area contributed by atoms with Crippen molar-refractivity contribution in [1.82, 2.24) is 15.5 Å². The van der Waals surface area contributed by atoms with Crippen molar-refractivity contribution in [2.24, 2.45) is 11.8 Å². The summed E-state index contributed by atoms with van der Waals surface area (Å²) in [6.45, 7) is 7.65. The topological polar surface area (TPSA) is 115 Å². The zero-order valence-electron chi connectivity index (χ0n) is 25.9. The van der Waals surface area contributed by atoms with Crippen LogP contribution in [0.25, 0.3) is 0 Å². The maximum atomic E-state index is 13.4. The number of rotatable bonds is 12. The van der Waals surface area contributed by atoms with Gasteiger partial charge in [-0.1, -0.05) is 35.9 Å². The van der Waals surface area contributed by atoms with Crippen LogP contribution in [0.3, 0.4) is 0 Å². The Morgan fingerprint density at radius 2 is 2.00 bits per heavy atom. The lowest BCUT2D eigenvalue weighted by molar-refractivity contribution is 0.0112. The minimum atomic E-state index is -0.630. The Morgan fingerprint density at radius 1 is 1.21 bits per heavy atom. The summed E-state index contributed by atoms with van der Waals surface area (Å²) in [4.78, 5) is 39.4. The molecule has 3 amide bonds. The van der Waals surface area contributed by atoms with Gasteiger partial charge in [0.2, 0.25) is 0 Å². The van der Waals surface area contributed by atoms with Crippen molar-refractivity contribution in [2.45, 2.75) is 64.2 Å². The predicted octanol–water partition coefficient (Wildman–Crippen LogP) is 5.58. The number of nitrogens with one attached hydrogen (secondary N) is 2. The van der Waals surface area contributed by atoms with Gasteiger partial charge in [0.25, 0.3) is 5.91 Å². The van der Waals surface area contributed by atoms with E-state index in [2.05, 4.69) is 15.4 Å². The maximum Gasteiger partial charge on any atom is 0.410 e. The van der Waals surface area contributed by atoms with Crippen LogP contribution in [0.4, 0.5) is 9.59 Å². The number of hydrogen-bond acceptors (Lipinski definition) is 7. The van der Waals surface area contributed by atoms with E-state index in [0.29, 0.717) is 36.0 Å². The number of methoxy groups -OCH3 is 1. The van der Waals surface area contributed by atoms with Gasteiger partial charge in [-0.05, 0) is 76.1 Å². The lowest BCUT2D eigenvalue weighted by atomic mass is 9.89. The molecule has 4 atom stereocenters. The molecule has 10 nitrogen and oxygen atoms in total. The fourth-order valence-corrected chi connectivity index (χ4v) is 5.41. The van der Waals surface area contributed by atoms with Crippen LogP contribution in [-0.4, -0.2) is 81.7 Å². The van der Waals surface area contributed by atoms with Crippen LogP contribution in [0.5, 0.6) is 0 Å². The monoisotopic (exact) mass is 619 g/mol. The van der Waals surface area contributed by atoms with Crippen LogP contribution in [0.2, 0.25) is 0 Å². The first-order valence-corrected chi connectivity index (χ1v) is 15.2. The number of allylic oxidation sites excluding steroid dienone is 3. The van der Waals surface area contributed by atoms with E-state index >= 15 is 0 Å². The van der Waals surface area contributed by atoms with Crippen LogP contribution < -0.4 is 10.6 Å². The predicted molar refractivity (Wildman–Crippen MR) is 165 cm³/mol.